The second-order valence-electron chi connectivity index (χ2n) is 4.50. The molecule has 1 heterocycles. The maximum Gasteiger partial charge on any atom is 0.0467 e. The number of fused-ring (bicyclic) bond motifs is 1. The summed E-state index contributed by atoms with van der Waals surface area (Å²) in [7, 11) is 0. The smallest absolute Gasteiger partial charge is 0.0467 e. The fourth-order valence-electron chi connectivity index (χ4n) is 2.20. The van der Waals surface area contributed by atoms with Crippen molar-refractivity contribution in [1.29, 1.82) is 0 Å². The van der Waals surface area contributed by atoms with Crippen LogP contribution in [0, 0.1) is 6.92 Å². The van der Waals surface area contributed by atoms with Crippen molar-refractivity contribution in [3.63, 3.8) is 0 Å². The summed E-state index contributed by atoms with van der Waals surface area (Å²) in [6.45, 7) is 2.12. The van der Waals surface area contributed by atoms with Gasteiger partial charge in [0.25, 0.3) is 0 Å². The number of rotatable bonds is 3. The largest absolute Gasteiger partial charge is 0.358 e. The molecule has 19 heavy (non-hydrogen) atoms. The Bertz CT molecular complexity index is 718. The Kier molecular flexibility index (Phi) is 3.54. The Labute approximate surface area is 122 Å². The molecular weight excluding hydrogens is 274 g/mol. The first kappa shape index (κ1) is 12.6. The predicted octanol–water partition coefficient (Wildman–Crippen LogP) is 5.42. The zero-order valence-corrected chi connectivity index (χ0v) is 12.2. The van der Waals surface area contributed by atoms with Crippen molar-refractivity contribution in [2.45, 2.75) is 17.6 Å². The number of halogens is 1. The van der Waals surface area contributed by atoms with Crippen LogP contribution in [0.2, 0.25) is 5.02 Å². The molecule has 0 saturated carbocycles. The van der Waals surface area contributed by atoms with Gasteiger partial charge < -0.3 is 4.98 Å². The van der Waals surface area contributed by atoms with Crippen molar-refractivity contribution in [3.8, 4) is 0 Å². The van der Waals surface area contributed by atoms with Crippen molar-refractivity contribution in [3.05, 3.63) is 64.8 Å². The van der Waals surface area contributed by atoms with E-state index < -0.39 is 0 Å². The third kappa shape index (κ3) is 2.51. The summed E-state index contributed by atoms with van der Waals surface area (Å²) in [5.74, 6) is 0.891. The average Bonchev–Trinajstić information content (AvgIpc) is 2.74. The van der Waals surface area contributed by atoms with Gasteiger partial charge in [0.1, 0.15) is 0 Å². The molecule has 1 nitrogen and oxygen atoms in total. The van der Waals surface area contributed by atoms with Crippen LogP contribution in [0.15, 0.2) is 53.4 Å². The number of nitrogens with one attached hydrogen (secondary N) is 1. The molecular formula is C16H14ClNS. The zero-order valence-electron chi connectivity index (χ0n) is 10.6. The molecule has 0 bridgehead atoms. The van der Waals surface area contributed by atoms with E-state index in [4.69, 9.17) is 11.6 Å². The van der Waals surface area contributed by atoms with Crippen LogP contribution in [0.1, 0.15) is 11.3 Å². The van der Waals surface area contributed by atoms with Crippen LogP contribution in [0.5, 0.6) is 0 Å². The first-order valence-electron chi connectivity index (χ1n) is 6.19. The molecule has 1 N–H and O–H groups in total. The number of benzene rings is 2. The quantitative estimate of drug-likeness (QED) is 0.636. The summed E-state index contributed by atoms with van der Waals surface area (Å²) in [4.78, 5) is 4.74. The first-order chi connectivity index (χ1) is 9.25. The van der Waals surface area contributed by atoms with Crippen molar-refractivity contribution < 1.29 is 0 Å². The summed E-state index contributed by atoms with van der Waals surface area (Å²) in [5, 5.41) is 2.13. The monoisotopic (exact) mass is 287 g/mol. The van der Waals surface area contributed by atoms with Gasteiger partial charge in [0.15, 0.2) is 0 Å². The Hall–Kier alpha value is -1.38. The molecule has 0 saturated heterocycles. The summed E-state index contributed by atoms with van der Waals surface area (Å²) < 4.78 is 0. The van der Waals surface area contributed by atoms with Crippen LogP contribution in [0.3, 0.4) is 0 Å². The topological polar surface area (TPSA) is 15.8 Å². The van der Waals surface area contributed by atoms with Gasteiger partial charge in [-0.15, -0.1) is 11.8 Å². The Morgan fingerprint density at radius 1 is 1.05 bits per heavy atom. The molecule has 0 aliphatic heterocycles. The van der Waals surface area contributed by atoms with E-state index in [0.717, 1.165) is 10.8 Å². The summed E-state index contributed by atoms with van der Waals surface area (Å²) in [5.41, 5.74) is 3.60. The predicted molar refractivity (Wildman–Crippen MR) is 84.0 cm³/mol. The maximum atomic E-state index is 6.20. The lowest BCUT2D eigenvalue weighted by atomic mass is 10.2. The molecule has 0 atom stereocenters. The van der Waals surface area contributed by atoms with Gasteiger partial charge in [-0.3, -0.25) is 0 Å². The van der Waals surface area contributed by atoms with Crippen LogP contribution >= 0.6 is 23.4 Å². The molecule has 3 heteroatoms. The minimum atomic E-state index is 0.840. The van der Waals surface area contributed by atoms with Crippen LogP contribution in [0.25, 0.3) is 10.9 Å². The van der Waals surface area contributed by atoms with Gasteiger partial charge in [-0.1, -0.05) is 48.0 Å². The van der Waals surface area contributed by atoms with Crippen LogP contribution < -0.4 is 0 Å². The van der Waals surface area contributed by atoms with E-state index in [-0.39, 0.29) is 0 Å². The molecule has 0 fully saturated rings. The Morgan fingerprint density at radius 2 is 1.79 bits per heavy atom. The molecule has 0 unspecified atom stereocenters. The highest BCUT2D eigenvalue weighted by Gasteiger charge is 2.09. The molecule has 3 rings (SSSR count). The molecule has 0 spiro atoms. The van der Waals surface area contributed by atoms with Gasteiger partial charge in [-0.2, -0.15) is 0 Å². The highest BCUT2D eigenvalue weighted by atomic mass is 35.5. The molecule has 0 radical (unpaired) electrons. The fraction of sp³-hybridized carbons (Fsp3) is 0.125. The third-order valence-electron chi connectivity index (χ3n) is 3.16. The second-order valence-corrected chi connectivity index (χ2v) is 5.90. The van der Waals surface area contributed by atoms with Gasteiger partial charge >= 0.3 is 0 Å². The van der Waals surface area contributed by atoms with Gasteiger partial charge in [0.05, 0.1) is 0 Å². The van der Waals surface area contributed by atoms with Gasteiger partial charge in [0, 0.05) is 32.3 Å². The molecule has 0 aliphatic rings. The van der Waals surface area contributed by atoms with E-state index in [1.807, 2.05) is 30.0 Å². The number of thioether (sulfide) groups is 1. The maximum absolute atomic E-state index is 6.20. The molecule has 1 aromatic heterocycles. The highest BCUT2D eigenvalue weighted by molar-refractivity contribution is 7.98. The number of aromatic amines is 1. The highest BCUT2D eigenvalue weighted by Crippen LogP contribution is 2.34. The lowest BCUT2D eigenvalue weighted by Crippen LogP contribution is -1.82. The molecule has 3 aromatic rings. The first-order valence-corrected chi connectivity index (χ1v) is 7.55. The number of hydrogen-bond donors (Lipinski definition) is 1. The Balaban J connectivity index is 1.90. The normalized spacial score (nSPS) is 11.1. The van der Waals surface area contributed by atoms with E-state index in [2.05, 4.69) is 42.2 Å². The molecule has 2 aromatic carbocycles. The Morgan fingerprint density at radius 3 is 2.63 bits per heavy atom. The molecule has 0 aliphatic carbocycles. The van der Waals surface area contributed by atoms with Crippen LogP contribution in [0.4, 0.5) is 0 Å². The molecule has 0 amide bonds. The van der Waals surface area contributed by atoms with E-state index in [1.54, 1.807) is 0 Å². The SMILES string of the molecule is Cc1[nH]c2ccccc2c1SCc1ccccc1Cl. The number of para-hydroxylation sites is 1. The lowest BCUT2D eigenvalue weighted by molar-refractivity contribution is 1.22. The number of aryl methyl sites for hydroxylation is 1. The van der Waals surface area contributed by atoms with Crippen molar-refractivity contribution >= 4 is 34.3 Å². The van der Waals surface area contributed by atoms with Gasteiger partial charge in [-0.25, -0.2) is 0 Å². The van der Waals surface area contributed by atoms with E-state index >= 15 is 0 Å². The summed E-state index contributed by atoms with van der Waals surface area (Å²) >= 11 is 8.04. The summed E-state index contributed by atoms with van der Waals surface area (Å²) in [6.07, 6.45) is 0. The second kappa shape index (κ2) is 5.32. The van der Waals surface area contributed by atoms with Crippen molar-refractivity contribution in [2.75, 3.05) is 0 Å². The summed E-state index contributed by atoms with van der Waals surface area (Å²) in [6, 6.07) is 16.4. The van der Waals surface area contributed by atoms with Gasteiger partial charge in [-0.05, 0) is 24.6 Å². The minimum absolute atomic E-state index is 0.840. The average molecular weight is 288 g/mol. The standard InChI is InChI=1S/C16H14ClNS/c1-11-16(13-7-3-5-9-15(13)18-11)19-10-12-6-2-4-8-14(12)17/h2-9,18H,10H2,1H3. The zero-order chi connectivity index (χ0) is 13.2. The van der Waals surface area contributed by atoms with Crippen molar-refractivity contribution in [2.24, 2.45) is 0 Å². The van der Waals surface area contributed by atoms with E-state index in [0.29, 0.717) is 0 Å². The molecule has 96 valence electrons. The van der Waals surface area contributed by atoms with E-state index in [1.165, 1.54) is 27.1 Å². The van der Waals surface area contributed by atoms with E-state index in [9.17, 15) is 0 Å². The van der Waals surface area contributed by atoms with Crippen LogP contribution in [-0.2, 0) is 5.75 Å². The van der Waals surface area contributed by atoms with Crippen molar-refractivity contribution in [1.82, 2.24) is 4.98 Å². The number of H-pyrrole nitrogens is 1. The fourth-order valence-corrected chi connectivity index (χ4v) is 3.64. The van der Waals surface area contributed by atoms with Crippen LogP contribution in [-0.4, -0.2) is 4.98 Å². The number of hydrogen-bond acceptors (Lipinski definition) is 1. The minimum Gasteiger partial charge on any atom is -0.358 e. The third-order valence-corrected chi connectivity index (χ3v) is 4.80. The number of aromatic nitrogens is 1. The lowest BCUT2D eigenvalue weighted by Gasteiger charge is -2.04. The van der Waals surface area contributed by atoms with Gasteiger partial charge in [0.2, 0.25) is 0 Å².